The summed E-state index contributed by atoms with van der Waals surface area (Å²) in [7, 11) is 0. The number of amides is 1. The molecule has 5 nitrogen and oxygen atoms in total. The van der Waals surface area contributed by atoms with Crippen molar-refractivity contribution < 1.29 is 32.3 Å². The molecule has 1 aromatic carbocycles. The molecule has 1 amide bonds. The molecule has 0 unspecified atom stereocenters. The van der Waals surface area contributed by atoms with Gasteiger partial charge in [-0.3, -0.25) is 4.79 Å². The summed E-state index contributed by atoms with van der Waals surface area (Å²) in [4.78, 5) is 25.0. The molecule has 0 radical (unpaired) electrons. The molecule has 0 aliphatic rings. The van der Waals surface area contributed by atoms with Crippen LogP contribution in [0.2, 0.25) is 0 Å². The quantitative estimate of drug-likeness (QED) is 0.554. The zero-order valence-electron chi connectivity index (χ0n) is 15.8. The van der Waals surface area contributed by atoms with Crippen LogP contribution in [0.25, 0.3) is 0 Å². The second kappa shape index (κ2) is 9.68. The number of carbonyl (C=O) groups is 2. The molecule has 1 heterocycles. The van der Waals surface area contributed by atoms with Crippen molar-refractivity contribution >= 4 is 11.9 Å². The van der Waals surface area contributed by atoms with Gasteiger partial charge in [0.25, 0.3) is 5.91 Å². The zero-order chi connectivity index (χ0) is 22.2. The molecule has 2 N–H and O–H groups in total. The number of nitrogens with zero attached hydrogens (tertiary/aromatic N) is 1. The summed E-state index contributed by atoms with van der Waals surface area (Å²) >= 11 is 0. The van der Waals surface area contributed by atoms with Crippen LogP contribution >= 0.6 is 0 Å². The minimum absolute atomic E-state index is 0.176. The van der Waals surface area contributed by atoms with Gasteiger partial charge in [0.1, 0.15) is 11.5 Å². The molecule has 0 aliphatic carbocycles. The maximum absolute atomic E-state index is 13.0. The Morgan fingerprint density at radius 2 is 1.69 bits per heavy atom. The molecule has 154 valence electrons. The van der Waals surface area contributed by atoms with E-state index >= 15 is 0 Å². The van der Waals surface area contributed by atoms with E-state index in [9.17, 15) is 22.4 Å². The number of carboxylic acids is 1. The summed E-state index contributed by atoms with van der Waals surface area (Å²) in [6, 6.07) is 9.39. The maximum Gasteiger partial charge on any atom is 0.490 e. The highest BCUT2D eigenvalue weighted by atomic mass is 19.4. The van der Waals surface area contributed by atoms with E-state index < -0.39 is 12.1 Å². The van der Waals surface area contributed by atoms with Gasteiger partial charge in [0.15, 0.2) is 0 Å². The smallest absolute Gasteiger partial charge is 0.475 e. The Morgan fingerprint density at radius 3 is 2.14 bits per heavy atom. The molecule has 0 saturated heterocycles. The number of hydrogen-bond donors (Lipinski definition) is 2. The third-order valence-corrected chi connectivity index (χ3v) is 2.92. The van der Waals surface area contributed by atoms with E-state index in [1.54, 1.807) is 24.3 Å². The fourth-order valence-electron chi connectivity index (χ4n) is 1.72. The Kier molecular flexibility index (Phi) is 7.89. The molecule has 0 spiro atoms. The second-order valence-electron chi connectivity index (χ2n) is 6.70. The highest BCUT2D eigenvalue weighted by molar-refractivity contribution is 5.94. The van der Waals surface area contributed by atoms with Crippen molar-refractivity contribution in [1.82, 2.24) is 10.3 Å². The van der Waals surface area contributed by atoms with Crippen LogP contribution < -0.4 is 5.32 Å². The minimum atomic E-state index is -5.08. The summed E-state index contributed by atoms with van der Waals surface area (Å²) in [5, 5.41) is 9.99. The van der Waals surface area contributed by atoms with Gasteiger partial charge < -0.3 is 10.4 Å². The van der Waals surface area contributed by atoms with E-state index in [4.69, 9.17) is 9.90 Å². The first-order chi connectivity index (χ1) is 13.3. The number of rotatable bonds is 1. The van der Waals surface area contributed by atoms with Crippen molar-refractivity contribution in [3.05, 3.63) is 65.2 Å². The maximum atomic E-state index is 13.0. The summed E-state index contributed by atoms with van der Waals surface area (Å²) in [6.45, 7) is 5.74. The lowest BCUT2D eigenvalue weighted by Crippen LogP contribution is -2.40. The normalized spacial score (nSPS) is 10.7. The fourth-order valence-corrected chi connectivity index (χ4v) is 1.72. The lowest BCUT2D eigenvalue weighted by molar-refractivity contribution is -0.192. The van der Waals surface area contributed by atoms with Crippen molar-refractivity contribution in [3.8, 4) is 11.8 Å². The summed E-state index contributed by atoms with van der Waals surface area (Å²) in [5.74, 6) is 2.42. The van der Waals surface area contributed by atoms with E-state index in [2.05, 4.69) is 22.1 Å². The van der Waals surface area contributed by atoms with Crippen molar-refractivity contribution in [2.24, 2.45) is 0 Å². The Balaban J connectivity index is 0.000000516. The van der Waals surface area contributed by atoms with Crippen LogP contribution in [0, 0.1) is 17.7 Å². The van der Waals surface area contributed by atoms with Gasteiger partial charge >= 0.3 is 12.1 Å². The molecule has 0 fully saturated rings. The fraction of sp³-hybridized carbons (Fsp3) is 0.250. The third kappa shape index (κ3) is 9.37. The van der Waals surface area contributed by atoms with Gasteiger partial charge in [-0.05, 0) is 57.0 Å². The van der Waals surface area contributed by atoms with Crippen LogP contribution in [0.1, 0.15) is 42.4 Å². The summed E-state index contributed by atoms with van der Waals surface area (Å²) in [6.07, 6.45) is -3.60. The molecule has 0 saturated carbocycles. The van der Waals surface area contributed by atoms with Gasteiger partial charge in [-0.2, -0.15) is 13.2 Å². The van der Waals surface area contributed by atoms with Crippen molar-refractivity contribution in [2.75, 3.05) is 0 Å². The molecular weight excluding hydrogens is 392 g/mol. The molecule has 0 aliphatic heterocycles. The van der Waals surface area contributed by atoms with Crippen molar-refractivity contribution in [1.29, 1.82) is 0 Å². The van der Waals surface area contributed by atoms with E-state index in [0.717, 1.165) is 0 Å². The number of aliphatic carboxylic acids is 1. The van der Waals surface area contributed by atoms with Gasteiger partial charge in [0, 0.05) is 17.3 Å². The number of nitrogens with one attached hydrogen (secondary N) is 1. The SMILES string of the molecule is CC(C)(C)NC(=O)c1ccc(C#Cc2cccc(F)c2)nc1.O=C(O)C(F)(F)F. The largest absolute Gasteiger partial charge is 0.490 e. The first-order valence-corrected chi connectivity index (χ1v) is 8.14. The van der Waals surface area contributed by atoms with Crippen LogP contribution in [0.5, 0.6) is 0 Å². The topological polar surface area (TPSA) is 79.3 Å². The number of alkyl halides is 3. The van der Waals surface area contributed by atoms with Crippen LogP contribution in [0.15, 0.2) is 42.6 Å². The molecule has 2 aromatic rings. The number of carbonyl (C=O) groups excluding carboxylic acids is 1. The number of benzene rings is 1. The first-order valence-electron chi connectivity index (χ1n) is 8.14. The highest BCUT2D eigenvalue weighted by Crippen LogP contribution is 2.13. The molecule has 2 rings (SSSR count). The number of aromatic nitrogens is 1. The minimum Gasteiger partial charge on any atom is -0.475 e. The lowest BCUT2D eigenvalue weighted by atomic mass is 10.1. The zero-order valence-corrected chi connectivity index (χ0v) is 15.8. The number of hydrogen-bond acceptors (Lipinski definition) is 3. The van der Waals surface area contributed by atoms with E-state index in [1.807, 2.05) is 20.8 Å². The predicted octanol–water partition coefficient (Wildman–Crippen LogP) is 3.78. The summed E-state index contributed by atoms with van der Waals surface area (Å²) < 4.78 is 44.8. The van der Waals surface area contributed by atoms with E-state index in [0.29, 0.717) is 16.8 Å². The monoisotopic (exact) mass is 410 g/mol. The van der Waals surface area contributed by atoms with Gasteiger partial charge in [-0.25, -0.2) is 14.2 Å². The number of pyridine rings is 1. The number of halogens is 4. The van der Waals surface area contributed by atoms with Gasteiger partial charge in [0.2, 0.25) is 0 Å². The molecule has 29 heavy (non-hydrogen) atoms. The van der Waals surface area contributed by atoms with E-state index in [1.165, 1.54) is 18.3 Å². The van der Waals surface area contributed by atoms with Crippen molar-refractivity contribution in [3.63, 3.8) is 0 Å². The lowest BCUT2D eigenvalue weighted by Gasteiger charge is -2.20. The average Bonchev–Trinajstić information content (AvgIpc) is 2.59. The van der Waals surface area contributed by atoms with E-state index in [-0.39, 0.29) is 17.3 Å². The third-order valence-electron chi connectivity index (χ3n) is 2.92. The molecule has 0 atom stereocenters. The van der Waals surface area contributed by atoms with Crippen LogP contribution in [0.3, 0.4) is 0 Å². The molecular formula is C20H18F4N2O3. The van der Waals surface area contributed by atoms with Crippen LogP contribution in [-0.2, 0) is 4.79 Å². The summed E-state index contributed by atoms with van der Waals surface area (Å²) in [5.41, 5.74) is 1.28. The predicted molar refractivity (Wildman–Crippen MR) is 97.5 cm³/mol. The molecule has 0 bridgehead atoms. The molecule has 9 heteroatoms. The van der Waals surface area contributed by atoms with Crippen LogP contribution in [0.4, 0.5) is 17.6 Å². The Labute approximate surface area is 164 Å². The van der Waals surface area contributed by atoms with Crippen LogP contribution in [-0.4, -0.2) is 33.7 Å². The second-order valence-corrected chi connectivity index (χ2v) is 6.70. The average molecular weight is 410 g/mol. The van der Waals surface area contributed by atoms with Gasteiger partial charge in [-0.15, -0.1) is 0 Å². The Morgan fingerprint density at radius 1 is 1.07 bits per heavy atom. The Bertz CT molecular complexity index is 922. The number of carboxylic acid groups (broad SMARTS) is 1. The Hall–Kier alpha value is -3.41. The van der Waals surface area contributed by atoms with Gasteiger partial charge in [0.05, 0.1) is 5.56 Å². The van der Waals surface area contributed by atoms with Crippen molar-refractivity contribution in [2.45, 2.75) is 32.5 Å². The first kappa shape index (κ1) is 23.6. The highest BCUT2D eigenvalue weighted by Gasteiger charge is 2.38. The molecule has 1 aromatic heterocycles. The van der Waals surface area contributed by atoms with Gasteiger partial charge in [-0.1, -0.05) is 12.0 Å². The standard InChI is InChI=1S/C18H17FN2O.C2HF3O2/c1-18(2,3)21-17(22)14-8-10-16(20-12-14)9-7-13-5-4-6-15(19)11-13;3-2(4,5)1(6)7/h4-6,8,10-12H,1-3H3,(H,21,22);(H,6,7).